The molecule has 0 aliphatic carbocycles. The lowest BCUT2D eigenvalue weighted by atomic mass is 10.1. The molecule has 7 nitrogen and oxygen atoms in total. The van der Waals surface area contributed by atoms with Gasteiger partial charge in [-0.05, 0) is 54.2 Å². The largest absolute Gasteiger partial charge is 0.488 e. The average Bonchev–Trinajstić information content (AvgIpc) is 3.08. The summed E-state index contributed by atoms with van der Waals surface area (Å²) >= 11 is 10.1. The molecule has 0 aromatic heterocycles. The fourth-order valence-corrected chi connectivity index (χ4v) is 4.78. The van der Waals surface area contributed by atoms with Gasteiger partial charge in [0.15, 0.2) is 0 Å². The zero-order chi connectivity index (χ0) is 25.1. The van der Waals surface area contributed by atoms with Crippen molar-refractivity contribution in [1.29, 1.82) is 0 Å². The molecule has 35 heavy (non-hydrogen) atoms. The third-order valence-corrected chi connectivity index (χ3v) is 6.84. The lowest BCUT2D eigenvalue weighted by Crippen LogP contribution is -2.28. The van der Waals surface area contributed by atoms with E-state index in [4.69, 9.17) is 16.3 Å². The van der Waals surface area contributed by atoms with Crippen LogP contribution in [0.15, 0.2) is 70.0 Å². The Bertz CT molecular complexity index is 1360. The maximum Gasteiger partial charge on any atom is 0.293 e. The third kappa shape index (κ3) is 5.55. The number of carbonyl (C=O) groups excluding carboxylic acids is 2. The Hall–Kier alpha value is -3.21. The molecule has 3 aromatic carbocycles. The molecule has 0 saturated carbocycles. The summed E-state index contributed by atoms with van der Waals surface area (Å²) in [5, 5.41) is 10.8. The molecule has 0 bridgehead atoms. The number of hydrogen-bond acceptors (Lipinski definition) is 6. The zero-order valence-electron chi connectivity index (χ0n) is 17.7. The van der Waals surface area contributed by atoms with Crippen LogP contribution in [0.2, 0.25) is 5.02 Å². The van der Waals surface area contributed by atoms with Gasteiger partial charge in [-0.2, -0.15) is 0 Å². The van der Waals surface area contributed by atoms with Gasteiger partial charge in [-0.15, -0.1) is 0 Å². The number of nitro benzene ring substituents is 1. The molecular weight excluding hydrogens is 563 g/mol. The second kappa shape index (κ2) is 10.6. The Balaban J connectivity index is 1.59. The predicted octanol–water partition coefficient (Wildman–Crippen LogP) is 6.97. The van der Waals surface area contributed by atoms with Crippen LogP contribution in [0.3, 0.4) is 0 Å². The molecule has 0 N–H and O–H groups in total. The van der Waals surface area contributed by atoms with Gasteiger partial charge in [0.2, 0.25) is 0 Å². The van der Waals surface area contributed by atoms with Crippen molar-refractivity contribution in [3.63, 3.8) is 0 Å². The Morgan fingerprint density at radius 3 is 2.66 bits per heavy atom. The maximum absolute atomic E-state index is 14.2. The maximum atomic E-state index is 14.2. The van der Waals surface area contributed by atoms with Gasteiger partial charge in [-0.3, -0.25) is 24.6 Å². The summed E-state index contributed by atoms with van der Waals surface area (Å²) in [6.45, 7) is -0.375. The highest BCUT2D eigenvalue weighted by Crippen LogP contribution is 2.37. The minimum absolute atomic E-state index is 0.0497. The second-order valence-corrected chi connectivity index (χ2v) is 9.64. The molecule has 1 heterocycles. The summed E-state index contributed by atoms with van der Waals surface area (Å²) in [6, 6.07) is 15.4. The average molecular weight is 578 g/mol. The number of rotatable bonds is 7. The van der Waals surface area contributed by atoms with E-state index in [0.29, 0.717) is 33.1 Å². The van der Waals surface area contributed by atoms with Gasteiger partial charge >= 0.3 is 0 Å². The molecule has 0 spiro atoms. The van der Waals surface area contributed by atoms with Crippen LogP contribution in [0.5, 0.6) is 5.75 Å². The Morgan fingerprint density at radius 2 is 1.91 bits per heavy atom. The first-order valence-electron chi connectivity index (χ1n) is 10.1. The molecule has 11 heteroatoms. The summed E-state index contributed by atoms with van der Waals surface area (Å²) in [4.78, 5) is 37.3. The van der Waals surface area contributed by atoms with Gasteiger partial charge in [-0.25, -0.2) is 4.39 Å². The number of amides is 2. The molecule has 4 rings (SSSR count). The number of benzene rings is 3. The summed E-state index contributed by atoms with van der Waals surface area (Å²) < 4.78 is 20.7. The molecule has 1 aliphatic rings. The van der Waals surface area contributed by atoms with E-state index < -0.39 is 21.9 Å². The molecule has 2 amide bonds. The monoisotopic (exact) mass is 576 g/mol. The first-order valence-corrected chi connectivity index (χ1v) is 12.1. The molecular formula is C24H15BrClFN2O5S. The van der Waals surface area contributed by atoms with E-state index in [2.05, 4.69) is 15.9 Å². The first-order chi connectivity index (χ1) is 16.7. The first kappa shape index (κ1) is 24.9. The van der Waals surface area contributed by atoms with E-state index in [1.807, 2.05) is 0 Å². The number of nitrogens with zero attached hydrogens (tertiary/aromatic N) is 2. The van der Waals surface area contributed by atoms with Crippen LogP contribution in [0.4, 0.5) is 14.9 Å². The fraction of sp³-hybridized carbons (Fsp3) is 0.0833. The van der Waals surface area contributed by atoms with Crippen LogP contribution < -0.4 is 4.74 Å². The number of imide groups is 1. The minimum Gasteiger partial charge on any atom is -0.488 e. The Labute approximate surface area is 216 Å². The van der Waals surface area contributed by atoms with Gasteiger partial charge in [0.05, 0.1) is 21.9 Å². The van der Waals surface area contributed by atoms with Crippen LogP contribution in [0.1, 0.15) is 16.7 Å². The van der Waals surface area contributed by atoms with Crippen LogP contribution in [-0.2, 0) is 17.9 Å². The molecule has 1 fully saturated rings. The SMILES string of the molecule is O=C1S/C(=C\c2cc(Br)ccc2OCc2ccccc2[N+](=O)[O-])C(=O)N1Cc1c(F)cccc1Cl. The Morgan fingerprint density at radius 1 is 1.14 bits per heavy atom. The van der Waals surface area contributed by atoms with Crippen molar-refractivity contribution in [3.8, 4) is 5.75 Å². The minimum atomic E-state index is -0.613. The second-order valence-electron chi connectivity index (χ2n) is 7.32. The van der Waals surface area contributed by atoms with E-state index in [9.17, 15) is 24.1 Å². The molecule has 0 unspecified atom stereocenters. The molecule has 178 valence electrons. The number of hydrogen-bond donors (Lipinski definition) is 0. The fourth-order valence-electron chi connectivity index (χ4n) is 3.35. The number of halogens is 3. The summed E-state index contributed by atoms with van der Waals surface area (Å²) in [6.07, 6.45) is 1.49. The van der Waals surface area contributed by atoms with Crippen molar-refractivity contribution in [3.05, 3.63) is 108 Å². The lowest BCUT2D eigenvalue weighted by Gasteiger charge is -2.14. The van der Waals surface area contributed by atoms with Gasteiger partial charge in [0.25, 0.3) is 16.8 Å². The topological polar surface area (TPSA) is 89.7 Å². The molecule has 0 radical (unpaired) electrons. The van der Waals surface area contributed by atoms with Crippen LogP contribution in [0, 0.1) is 15.9 Å². The summed E-state index contributed by atoms with van der Waals surface area (Å²) in [5.41, 5.74) is 0.841. The molecule has 0 atom stereocenters. The molecule has 1 aliphatic heterocycles. The number of thioether (sulfide) groups is 1. The van der Waals surface area contributed by atoms with Gasteiger partial charge in [0.1, 0.15) is 18.2 Å². The van der Waals surface area contributed by atoms with Crippen molar-refractivity contribution >= 4 is 62.2 Å². The zero-order valence-corrected chi connectivity index (χ0v) is 20.9. The highest BCUT2D eigenvalue weighted by Gasteiger charge is 2.36. The number of para-hydroxylation sites is 1. The van der Waals surface area contributed by atoms with E-state index >= 15 is 0 Å². The van der Waals surface area contributed by atoms with Gasteiger partial charge in [-0.1, -0.05) is 45.7 Å². The number of ether oxygens (including phenoxy) is 1. The van der Waals surface area contributed by atoms with Gasteiger partial charge in [0, 0.05) is 26.7 Å². The standard InChI is InChI=1S/C24H15BrClFN2O5S/c25-16-8-9-21(34-13-14-4-1-2-7-20(14)29(32)33)15(10-16)11-22-23(30)28(24(31)35-22)12-17-18(26)5-3-6-19(17)27/h1-11H,12-13H2/b22-11-. The van der Waals surface area contributed by atoms with Crippen LogP contribution >= 0.6 is 39.3 Å². The highest BCUT2D eigenvalue weighted by atomic mass is 79.9. The van der Waals surface area contributed by atoms with Crippen molar-refractivity contribution in [2.24, 2.45) is 0 Å². The quantitative estimate of drug-likeness (QED) is 0.171. The third-order valence-electron chi connectivity index (χ3n) is 5.08. The molecule has 3 aromatic rings. The Kier molecular flexibility index (Phi) is 7.54. The van der Waals surface area contributed by atoms with Crippen molar-refractivity contribution in [2.45, 2.75) is 13.2 Å². The van der Waals surface area contributed by atoms with E-state index in [1.165, 1.54) is 30.3 Å². The van der Waals surface area contributed by atoms with E-state index in [-0.39, 0.29) is 34.3 Å². The van der Waals surface area contributed by atoms with Gasteiger partial charge < -0.3 is 4.74 Å². The van der Waals surface area contributed by atoms with Crippen molar-refractivity contribution < 1.29 is 23.6 Å². The lowest BCUT2D eigenvalue weighted by molar-refractivity contribution is -0.385. The van der Waals surface area contributed by atoms with Crippen LogP contribution in [0.25, 0.3) is 6.08 Å². The smallest absolute Gasteiger partial charge is 0.293 e. The van der Waals surface area contributed by atoms with E-state index in [0.717, 1.165) is 4.90 Å². The van der Waals surface area contributed by atoms with E-state index in [1.54, 1.807) is 36.4 Å². The predicted molar refractivity (Wildman–Crippen MR) is 134 cm³/mol. The number of nitro groups is 1. The number of carbonyl (C=O) groups is 2. The highest BCUT2D eigenvalue weighted by molar-refractivity contribution is 9.10. The summed E-state index contributed by atoms with van der Waals surface area (Å²) in [5.74, 6) is -0.850. The molecule has 1 saturated heterocycles. The van der Waals surface area contributed by atoms with Crippen molar-refractivity contribution in [1.82, 2.24) is 4.90 Å². The normalized spacial score (nSPS) is 14.6. The van der Waals surface area contributed by atoms with Crippen LogP contribution in [-0.4, -0.2) is 21.0 Å². The van der Waals surface area contributed by atoms with Crippen molar-refractivity contribution in [2.75, 3.05) is 0 Å². The summed E-state index contributed by atoms with van der Waals surface area (Å²) in [7, 11) is 0.